The summed E-state index contributed by atoms with van der Waals surface area (Å²) in [6.07, 6.45) is 3.31. The van der Waals surface area contributed by atoms with Gasteiger partial charge in [0, 0.05) is 23.5 Å². The lowest BCUT2D eigenvalue weighted by molar-refractivity contribution is -0.384. The van der Waals surface area contributed by atoms with Gasteiger partial charge >= 0.3 is 11.9 Å². The van der Waals surface area contributed by atoms with Crippen LogP contribution < -0.4 is 5.32 Å². The molecule has 0 aromatic heterocycles. The molecule has 0 aliphatic carbocycles. The van der Waals surface area contributed by atoms with E-state index >= 15 is 0 Å². The topological polar surface area (TPSA) is 108 Å². The number of allylic oxidation sites excluding steroid dienone is 2. The van der Waals surface area contributed by atoms with E-state index in [0.29, 0.717) is 17.0 Å². The molecule has 0 saturated carbocycles. The van der Waals surface area contributed by atoms with Crippen LogP contribution in [0.3, 0.4) is 0 Å². The molecule has 0 saturated heterocycles. The third-order valence-corrected chi connectivity index (χ3v) is 6.66. The molecule has 0 atom stereocenters. The number of alkyl halides is 2. The number of benzene rings is 1. The molecule has 0 radical (unpaired) electrons. The first kappa shape index (κ1) is 27.5. The highest BCUT2D eigenvalue weighted by molar-refractivity contribution is 14.1. The van der Waals surface area contributed by atoms with E-state index in [4.69, 9.17) is 9.47 Å². The molecule has 1 aliphatic rings. The maximum absolute atomic E-state index is 13.1. The number of nitro benzene ring substituents is 1. The van der Waals surface area contributed by atoms with Crippen molar-refractivity contribution in [3.8, 4) is 0 Å². The molecule has 8 nitrogen and oxygen atoms in total. The maximum Gasteiger partial charge on any atom is 0.336 e. The van der Waals surface area contributed by atoms with Gasteiger partial charge in [0.1, 0.15) is 0 Å². The highest BCUT2D eigenvalue weighted by Crippen LogP contribution is 2.40. The molecule has 0 spiro atoms. The fourth-order valence-corrected chi connectivity index (χ4v) is 4.64. The predicted octanol–water partition coefficient (Wildman–Crippen LogP) is 5.35. The van der Waals surface area contributed by atoms with Crippen LogP contribution >= 0.6 is 45.2 Å². The zero-order chi connectivity index (χ0) is 24.4. The smallest absolute Gasteiger partial charge is 0.336 e. The van der Waals surface area contributed by atoms with Crippen LogP contribution in [0.15, 0.2) is 46.8 Å². The van der Waals surface area contributed by atoms with Gasteiger partial charge in [0.2, 0.25) is 0 Å². The minimum absolute atomic E-state index is 0.120. The number of dihydropyridines is 1. The number of hydrogen-bond acceptors (Lipinski definition) is 7. The highest BCUT2D eigenvalue weighted by Gasteiger charge is 2.38. The van der Waals surface area contributed by atoms with Gasteiger partial charge in [-0.3, -0.25) is 10.1 Å². The molecular weight excluding hydrogens is 654 g/mol. The van der Waals surface area contributed by atoms with E-state index in [9.17, 15) is 19.7 Å². The number of carbonyl (C=O) groups excluding carboxylic acids is 2. The first-order chi connectivity index (χ1) is 15.8. The first-order valence-electron chi connectivity index (χ1n) is 10.7. The van der Waals surface area contributed by atoms with Crippen molar-refractivity contribution in [2.75, 3.05) is 22.1 Å². The number of nitro groups is 1. The largest absolute Gasteiger partial charge is 0.462 e. The van der Waals surface area contributed by atoms with Crippen molar-refractivity contribution in [2.24, 2.45) is 0 Å². The van der Waals surface area contributed by atoms with Crippen molar-refractivity contribution in [1.29, 1.82) is 0 Å². The van der Waals surface area contributed by atoms with E-state index < -0.39 is 22.8 Å². The number of nitrogens with one attached hydrogen (secondary N) is 1. The highest BCUT2D eigenvalue weighted by atomic mass is 127. The molecule has 0 amide bonds. The summed E-state index contributed by atoms with van der Waals surface area (Å²) in [6.45, 7) is 3.99. The van der Waals surface area contributed by atoms with Gasteiger partial charge in [0.05, 0.1) is 35.2 Å². The minimum atomic E-state index is -0.833. The molecule has 1 aromatic carbocycles. The second kappa shape index (κ2) is 13.9. The molecule has 1 aromatic rings. The molecule has 0 fully saturated rings. The van der Waals surface area contributed by atoms with Crippen LogP contribution in [0.4, 0.5) is 5.69 Å². The van der Waals surface area contributed by atoms with E-state index in [2.05, 4.69) is 50.5 Å². The lowest BCUT2D eigenvalue weighted by Crippen LogP contribution is -2.32. The Morgan fingerprint density at radius 1 is 0.970 bits per heavy atom. The summed E-state index contributed by atoms with van der Waals surface area (Å²) in [4.78, 5) is 37.1. The summed E-state index contributed by atoms with van der Waals surface area (Å²) in [5.74, 6) is -1.93. The molecule has 0 bridgehead atoms. The average Bonchev–Trinajstić information content (AvgIpc) is 2.78. The van der Waals surface area contributed by atoms with Gasteiger partial charge < -0.3 is 14.8 Å². The predicted molar refractivity (Wildman–Crippen MR) is 143 cm³/mol. The fraction of sp³-hybridized carbons (Fsp3) is 0.478. The van der Waals surface area contributed by atoms with E-state index in [0.717, 1.165) is 34.5 Å². The number of unbranched alkanes of at least 4 members (excludes halogenated alkanes) is 2. The summed E-state index contributed by atoms with van der Waals surface area (Å²) >= 11 is 4.53. The first-order valence-corrected chi connectivity index (χ1v) is 13.8. The standard InChI is InChI=1S/C23H28I2N2O6/c1-15-19(22(28)32-12-5-3-10-24)21(17-8-7-9-18(14-17)27(30)31)20(16(2)26-15)23(29)33-13-6-4-11-25/h7-9,14,21,26H,3-6,10-13H2,1-2H3. The molecule has 180 valence electrons. The number of carbonyl (C=O) groups is 2. The number of nitrogens with zero attached hydrogens (tertiary/aromatic N) is 1. The third-order valence-electron chi connectivity index (χ3n) is 5.14. The van der Waals surface area contributed by atoms with E-state index in [1.165, 1.54) is 12.1 Å². The van der Waals surface area contributed by atoms with Crippen molar-refractivity contribution in [3.05, 3.63) is 62.5 Å². The normalized spacial score (nSPS) is 14.2. The Labute approximate surface area is 221 Å². The molecule has 10 heteroatoms. The summed E-state index contributed by atoms with van der Waals surface area (Å²) in [5.41, 5.74) is 1.95. The zero-order valence-electron chi connectivity index (χ0n) is 18.7. The second-order valence-corrected chi connectivity index (χ2v) is 9.71. The minimum Gasteiger partial charge on any atom is -0.462 e. The van der Waals surface area contributed by atoms with Gasteiger partial charge in [-0.05, 0) is 53.9 Å². The SMILES string of the molecule is CC1=C(C(=O)OCCCCI)C(c2cccc([N+](=O)[O-])c2)C(C(=O)OCCCCI)=C(C)N1. The molecular formula is C23H28I2N2O6. The van der Waals surface area contributed by atoms with E-state index in [-0.39, 0.29) is 30.0 Å². The maximum atomic E-state index is 13.1. The summed E-state index contributed by atoms with van der Waals surface area (Å²) < 4.78 is 12.9. The quantitative estimate of drug-likeness (QED) is 0.0792. The molecule has 1 aliphatic heterocycles. The summed E-state index contributed by atoms with van der Waals surface area (Å²) in [7, 11) is 0. The number of ether oxygens (including phenoxy) is 2. The number of hydrogen-bond donors (Lipinski definition) is 1. The van der Waals surface area contributed by atoms with Crippen LogP contribution in [0.5, 0.6) is 0 Å². The van der Waals surface area contributed by atoms with Crippen LogP contribution in [0.2, 0.25) is 0 Å². The van der Waals surface area contributed by atoms with Crippen molar-refractivity contribution in [3.63, 3.8) is 0 Å². The third kappa shape index (κ3) is 7.66. The molecule has 0 unspecified atom stereocenters. The van der Waals surface area contributed by atoms with Crippen molar-refractivity contribution >= 4 is 62.8 Å². The second-order valence-electron chi connectivity index (χ2n) is 7.55. The summed E-state index contributed by atoms with van der Waals surface area (Å²) in [6, 6.07) is 5.99. The average molecular weight is 682 g/mol. The Morgan fingerprint density at radius 2 is 1.48 bits per heavy atom. The van der Waals surface area contributed by atoms with E-state index in [1.54, 1.807) is 26.0 Å². The van der Waals surface area contributed by atoms with Gasteiger partial charge in [0.15, 0.2) is 0 Å². The molecule has 2 rings (SSSR count). The number of rotatable bonds is 12. The van der Waals surface area contributed by atoms with Crippen molar-refractivity contribution in [2.45, 2.75) is 45.4 Å². The number of non-ortho nitro benzene ring substituents is 1. The Hall–Kier alpha value is -1.70. The Balaban J connectivity index is 2.46. The van der Waals surface area contributed by atoms with Crippen LogP contribution in [0.25, 0.3) is 0 Å². The van der Waals surface area contributed by atoms with Crippen LogP contribution in [0, 0.1) is 10.1 Å². The van der Waals surface area contributed by atoms with Gasteiger partial charge in [-0.15, -0.1) is 0 Å². The molecule has 33 heavy (non-hydrogen) atoms. The lowest BCUT2D eigenvalue weighted by Gasteiger charge is -2.30. The van der Waals surface area contributed by atoms with Crippen LogP contribution in [-0.4, -0.2) is 38.9 Å². The lowest BCUT2D eigenvalue weighted by atomic mass is 9.80. The molecule has 1 N–H and O–H groups in total. The Morgan fingerprint density at radius 3 is 1.94 bits per heavy atom. The number of halogens is 2. The summed E-state index contributed by atoms with van der Waals surface area (Å²) in [5, 5.41) is 14.5. The van der Waals surface area contributed by atoms with Gasteiger partial charge in [-0.25, -0.2) is 9.59 Å². The monoisotopic (exact) mass is 682 g/mol. The van der Waals surface area contributed by atoms with Crippen molar-refractivity contribution < 1.29 is 24.0 Å². The Bertz CT molecular complexity index is 899. The van der Waals surface area contributed by atoms with Gasteiger partial charge in [-0.1, -0.05) is 57.3 Å². The Kier molecular flexibility index (Phi) is 11.6. The zero-order valence-corrected chi connectivity index (χ0v) is 23.0. The number of esters is 2. The van der Waals surface area contributed by atoms with Crippen molar-refractivity contribution in [1.82, 2.24) is 5.32 Å². The van der Waals surface area contributed by atoms with Crippen LogP contribution in [-0.2, 0) is 19.1 Å². The van der Waals surface area contributed by atoms with Gasteiger partial charge in [-0.2, -0.15) is 0 Å². The molecule has 1 heterocycles. The van der Waals surface area contributed by atoms with Gasteiger partial charge in [0.25, 0.3) is 5.69 Å². The van der Waals surface area contributed by atoms with Crippen LogP contribution in [0.1, 0.15) is 51.0 Å². The van der Waals surface area contributed by atoms with E-state index in [1.807, 2.05) is 0 Å². The fourth-order valence-electron chi connectivity index (χ4n) is 3.56.